The van der Waals surface area contributed by atoms with Gasteiger partial charge < -0.3 is 50.3 Å². The third kappa shape index (κ3) is 4.53. The number of hydrogen-bond acceptors (Lipinski definition) is 10. The fourth-order valence-electron chi connectivity index (χ4n) is 1.86. The highest BCUT2D eigenvalue weighted by Gasteiger charge is 2.44. The molecule has 1 aliphatic heterocycles. The Kier molecular flexibility index (Phi) is 7.36. The Balaban J connectivity index is 2.53. The average molecular weight is 314 g/mol. The standard InChI is InChI=1S/C11H22O10/c12-1-4(14)7(16)5(15)3-20-11-10(19)9(18)8(17)6(2-13)21-11/h4-19H,1-3H2/t4-,5+,6-,7-,8+,9+,10-,11-/m1/s1. The number of hydrogen-bond donors (Lipinski definition) is 8. The molecule has 1 saturated heterocycles. The molecule has 0 aromatic heterocycles. The van der Waals surface area contributed by atoms with Crippen LogP contribution in [0.2, 0.25) is 0 Å². The van der Waals surface area contributed by atoms with Crippen molar-refractivity contribution in [3.63, 3.8) is 0 Å². The van der Waals surface area contributed by atoms with Gasteiger partial charge in [0.05, 0.1) is 19.8 Å². The van der Waals surface area contributed by atoms with E-state index in [-0.39, 0.29) is 0 Å². The van der Waals surface area contributed by atoms with Gasteiger partial charge in [0.15, 0.2) is 6.29 Å². The zero-order valence-electron chi connectivity index (χ0n) is 11.1. The van der Waals surface area contributed by atoms with Crippen LogP contribution in [0, 0.1) is 0 Å². The number of aliphatic hydroxyl groups is 8. The quantitative estimate of drug-likeness (QED) is 0.226. The lowest BCUT2D eigenvalue weighted by molar-refractivity contribution is -0.306. The molecule has 0 unspecified atom stereocenters. The Morgan fingerprint density at radius 2 is 1.52 bits per heavy atom. The third-order valence-electron chi connectivity index (χ3n) is 3.26. The van der Waals surface area contributed by atoms with Gasteiger partial charge in [-0.05, 0) is 0 Å². The average Bonchev–Trinajstić information content (AvgIpc) is 2.50. The second kappa shape index (κ2) is 8.29. The summed E-state index contributed by atoms with van der Waals surface area (Å²) in [5.74, 6) is 0. The summed E-state index contributed by atoms with van der Waals surface area (Å²) < 4.78 is 9.98. The maximum Gasteiger partial charge on any atom is 0.186 e. The van der Waals surface area contributed by atoms with E-state index in [1.165, 1.54) is 0 Å². The Hall–Kier alpha value is -0.400. The van der Waals surface area contributed by atoms with Gasteiger partial charge in [-0.15, -0.1) is 0 Å². The summed E-state index contributed by atoms with van der Waals surface area (Å²) in [5.41, 5.74) is 0. The molecular weight excluding hydrogens is 292 g/mol. The first-order valence-electron chi connectivity index (χ1n) is 6.40. The van der Waals surface area contributed by atoms with Crippen molar-refractivity contribution in [3.8, 4) is 0 Å². The molecule has 1 rings (SSSR count). The van der Waals surface area contributed by atoms with Crippen LogP contribution in [0.1, 0.15) is 0 Å². The lowest BCUT2D eigenvalue weighted by atomic mass is 9.99. The van der Waals surface area contributed by atoms with Gasteiger partial charge in [0.1, 0.15) is 42.7 Å². The molecule has 0 aromatic carbocycles. The summed E-state index contributed by atoms with van der Waals surface area (Å²) in [6, 6.07) is 0. The van der Waals surface area contributed by atoms with Crippen LogP contribution in [0.15, 0.2) is 0 Å². The summed E-state index contributed by atoms with van der Waals surface area (Å²) in [7, 11) is 0. The van der Waals surface area contributed by atoms with Crippen molar-refractivity contribution >= 4 is 0 Å². The zero-order chi connectivity index (χ0) is 16.2. The highest BCUT2D eigenvalue weighted by Crippen LogP contribution is 2.22. The molecule has 10 heteroatoms. The Morgan fingerprint density at radius 3 is 2.05 bits per heavy atom. The van der Waals surface area contributed by atoms with Gasteiger partial charge in [-0.3, -0.25) is 0 Å². The van der Waals surface area contributed by atoms with E-state index < -0.39 is 68.8 Å². The Morgan fingerprint density at radius 1 is 0.905 bits per heavy atom. The highest BCUT2D eigenvalue weighted by molar-refractivity contribution is 4.89. The summed E-state index contributed by atoms with van der Waals surface area (Å²) in [5, 5.41) is 74.4. The molecule has 8 atom stereocenters. The van der Waals surface area contributed by atoms with E-state index >= 15 is 0 Å². The molecule has 0 aliphatic carbocycles. The molecule has 1 heterocycles. The highest BCUT2D eigenvalue weighted by atomic mass is 16.7. The molecule has 0 saturated carbocycles. The fraction of sp³-hybridized carbons (Fsp3) is 1.00. The molecule has 0 radical (unpaired) electrons. The predicted molar refractivity (Wildman–Crippen MR) is 64.8 cm³/mol. The second-order valence-corrected chi connectivity index (χ2v) is 4.84. The molecule has 1 aliphatic rings. The van der Waals surface area contributed by atoms with Gasteiger partial charge in [-0.2, -0.15) is 0 Å². The second-order valence-electron chi connectivity index (χ2n) is 4.84. The Labute approximate surface area is 120 Å². The van der Waals surface area contributed by atoms with Crippen molar-refractivity contribution in [2.24, 2.45) is 0 Å². The van der Waals surface area contributed by atoms with Gasteiger partial charge in [0.25, 0.3) is 0 Å². The zero-order valence-corrected chi connectivity index (χ0v) is 11.1. The smallest absolute Gasteiger partial charge is 0.186 e. The normalized spacial score (nSPS) is 38.0. The van der Waals surface area contributed by atoms with Gasteiger partial charge in [0, 0.05) is 0 Å². The van der Waals surface area contributed by atoms with Crippen molar-refractivity contribution in [1.29, 1.82) is 0 Å². The molecule has 0 amide bonds. The monoisotopic (exact) mass is 314 g/mol. The lowest BCUT2D eigenvalue weighted by Gasteiger charge is -2.40. The molecule has 0 aromatic rings. The maximum atomic E-state index is 9.65. The van der Waals surface area contributed by atoms with Crippen LogP contribution in [0.4, 0.5) is 0 Å². The number of aliphatic hydroxyl groups excluding tert-OH is 8. The van der Waals surface area contributed by atoms with Crippen molar-refractivity contribution < 1.29 is 50.3 Å². The van der Waals surface area contributed by atoms with Gasteiger partial charge in [-0.1, -0.05) is 0 Å². The van der Waals surface area contributed by atoms with Crippen LogP contribution in [-0.2, 0) is 9.47 Å². The molecule has 10 nitrogen and oxygen atoms in total. The SMILES string of the molecule is OC[C@@H](O)[C@@H](O)[C@@H](O)CO[C@@H]1O[C@H](CO)[C@H](O)[C@H](O)[C@H]1O. The first-order chi connectivity index (χ1) is 9.83. The van der Waals surface area contributed by atoms with E-state index in [0.717, 1.165) is 0 Å². The summed E-state index contributed by atoms with van der Waals surface area (Å²) in [6.07, 6.45) is -12.2. The summed E-state index contributed by atoms with van der Waals surface area (Å²) in [6.45, 7) is -1.97. The maximum absolute atomic E-state index is 9.65. The topological polar surface area (TPSA) is 180 Å². The van der Waals surface area contributed by atoms with Crippen LogP contribution in [0.25, 0.3) is 0 Å². The molecule has 126 valence electrons. The third-order valence-corrected chi connectivity index (χ3v) is 3.26. The van der Waals surface area contributed by atoms with E-state index in [1.807, 2.05) is 0 Å². The molecule has 0 bridgehead atoms. The van der Waals surface area contributed by atoms with Crippen molar-refractivity contribution in [2.45, 2.75) is 49.0 Å². The first-order valence-corrected chi connectivity index (χ1v) is 6.40. The largest absolute Gasteiger partial charge is 0.394 e. The molecular formula is C11H22O10. The van der Waals surface area contributed by atoms with Gasteiger partial charge in [0.2, 0.25) is 0 Å². The number of ether oxygens (including phenoxy) is 2. The van der Waals surface area contributed by atoms with Crippen LogP contribution in [-0.4, -0.2) is 110 Å². The van der Waals surface area contributed by atoms with Crippen LogP contribution in [0.3, 0.4) is 0 Å². The minimum atomic E-state index is -1.68. The Bertz CT molecular complexity index is 301. The van der Waals surface area contributed by atoms with Crippen LogP contribution < -0.4 is 0 Å². The van der Waals surface area contributed by atoms with E-state index in [0.29, 0.717) is 0 Å². The minimum absolute atomic E-state index is 0.582. The fourth-order valence-corrected chi connectivity index (χ4v) is 1.86. The minimum Gasteiger partial charge on any atom is -0.394 e. The summed E-state index contributed by atoms with van der Waals surface area (Å²) in [4.78, 5) is 0. The molecule has 1 fully saturated rings. The molecule has 21 heavy (non-hydrogen) atoms. The molecule has 0 spiro atoms. The van der Waals surface area contributed by atoms with E-state index in [9.17, 15) is 25.5 Å². The van der Waals surface area contributed by atoms with Crippen molar-refractivity contribution in [3.05, 3.63) is 0 Å². The van der Waals surface area contributed by atoms with Gasteiger partial charge in [-0.25, -0.2) is 0 Å². The van der Waals surface area contributed by atoms with Crippen LogP contribution >= 0.6 is 0 Å². The molecule has 8 N–H and O–H groups in total. The predicted octanol–water partition coefficient (Wildman–Crippen LogP) is -5.12. The number of rotatable bonds is 7. The summed E-state index contributed by atoms with van der Waals surface area (Å²) >= 11 is 0. The van der Waals surface area contributed by atoms with E-state index in [4.69, 9.17) is 24.8 Å². The van der Waals surface area contributed by atoms with Crippen molar-refractivity contribution in [2.75, 3.05) is 19.8 Å². The van der Waals surface area contributed by atoms with E-state index in [1.54, 1.807) is 0 Å². The lowest BCUT2D eigenvalue weighted by Crippen LogP contribution is -2.59. The first kappa shape index (κ1) is 18.6. The van der Waals surface area contributed by atoms with Gasteiger partial charge >= 0.3 is 0 Å². The van der Waals surface area contributed by atoms with E-state index in [2.05, 4.69) is 0 Å². The van der Waals surface area contributed by atoms with Crippen LogP contribution in [0.5, 0.6) is 0 Å². The van der Waals surface area contributed by atoms with Crippen molar-refractivity contribution in [1.82, 2.24) is 0 Å².